The summed E-state index contributed by atoms with van der Waals surface area (Å²) in [5.41, 5.74) is 5.84. The van der Waals surface area contributed by atoms with Gasteiger partial charge in [-0.15, -0.1) is 0 Å². The Bertz CT molecular complexity index is 298. The summed E-state index contributed by atoms with van der Waals surface area (Å²) in [6.07, 6.45) is 1.87. The number of rotatable bonds is 5. The lowest BCUT2D eigenvalue weighted by Gasteiger charge is -2.04. The summed E-state index contributed by atoms with van der Waals surface area (Å²) >= 11 is 0. The molecule has 1 heterocycles. The van der Waals surface area contributed by atoms with E-state index < -0.39 is 0 Å². The van der Waals surface area contributed by atoms with Crippen LogP contribution in [0.2, 0.25) is 0 Å². The molecule has 0 unspecified atom stereocenters. The number of Topliss-reactive ketones (excluding diaryl/α,β-unsaturated/α-hetero) is 1. The number of hydrogen-bond acceptors (Lipinski definition) is 4. The molecular weight excluding hydrogens is 182 g/mol. The third kappa shape index (κ3) is 1.93. The van der Waals surface area contributed by atoms with Gasteiger partial charge in [0.2, 0.25) is 0 Å². The first-order chi connectivity index (χ1) is 6.74. The molecule has 0 spiro atoms. The SMILES string of the molecule is CCn1ncc(OC)c1C(=O)CCN. The molecule has 0 aromatic carbocycles. The summed E-state index contributed by atoms with van der Waals surface area (Å²) in [6, 6.07) is 0. The Morgan fingerprint density at radius 1 is 1.71 bits per heavy atom. The van der Waals surface area contributed by atoms with E-state index in [1.54, 1.807) is 10.9 Å². The highest BCUT2D eigenvalue weighted by Crippen LogP contribution is 2.18. The van der Waals surface area contributed by atoms with Gasteiger partial charge >= 0.3 is 0 Å². The first-order valence-corrected chi connectivity index (χ1v) is 4.57. The molecule has 0 bridgehead atoms. The molecule has 5 nitrogen and oxygen atoms in total. The van der Waals surface area contributed by atoms with Crippen LogP contribution in [0.3, 0.4) is 0 Å². The lowest BCUT2D eigenvalue weighted by Crippen LogP contribution is -2.14. The smallest absolute Gasteiger partial charge is 0.185 e. The summed E-state index contributed by atoms with van der Waals surface area (Å²) in [7, 11) is 1.52. The molecule has 5 heteroatoms. The summed E-state index contributed by atoms with van der Waals surface area (Å²) < 4.78 is 6.67. The van der Waals surface area contributed by atoms with Crippen molar-refractivity contribution in [2.75, 3.05) is 13.7 Å². The summed E-state index contributed by atoms with van der Waals surface area (Å²) in [4.78, 5) is 11.6. The molecule has 1 rings (SSSR count). The van der Waals surface area contributed by atoms with E-state index >= 15 is 0 Å². The quantitative estimate of drug-likeness (QED) is 0.695. The standard InChI is InChI=1S/C9H15N3O2/c1-3-12-9(7(13)4-5-10)8(14-2)6-11-12/h6H,3-5,10H2,1-2H3. The summed E-state index contributed by atoms with van der Waals surface area (Å²) in [6.45, 7) is 2.91. The lowest BCUT2D eigenvalue weighted by atomic mass is 10.2. The van der Waals surface area contributed by atoms with Crippen molar-refractivity contribution in [2.24, 2.45) is 5.73 Å². The van der Waals surface area contributed by atoms with Crippen LogP contribution in [0.1, 0.15) is 23.8 Å². The Kier molecular flexibility index (Phi) is 3.64. The average molecular weight is 197 g/mol. The van der Waals surface area contributed by atoms with Gasteiger partial charge in [-0.05, 0) is 13.5 Å². The topological polar surface area (TPSA) is 70.1 Å². The molecule has 14 heavy (non-hydrogen) atoms. The van der Waals surface area contributed by atoms with Crippen molar-refractivity contribution in [1.82, 2.24) is 9.78 Å². The number of carbonyl (C=O) groups is 1. The van der Waals surface area contributed by atoms with Gasteiger partial charge in [-0.2, -0.15) is 5.10 Å². The minimum absolute atomic E-state index is 0.0244. The fourth-order valence-corrected chi connectivity index (χ4v) is 1.29. The summed E-state index contributed by atoms with van der Waals surface area (Å²) in [5.74, 6) is 0.494. The molecule has 78 valence electrons. The van der Waals surface area contributed by atoms with E-state index in [-0.39, 0.29) is 5.78 Å². The summed E-state index contributed by atoms with van der Waals surface area (Å²) in [5, 5.41) is 4.04. The van der Waals surface area contributed by atoms with Crippen LogP contribution < -0.4 is 10.5 Å². The van der Waals surface area contributed by atoms with E-state index in [9.17, 15) is 4.79 Å². The van der Waals surface area contributed by atoms with Gasteiger partial charge in [-0.25, -0.2) is 0 Å². The van der Waals surface area contributed by atoms with E-state index in [0.717, 1.165) is 0 Å². The highest BCUT2D eigenvalue weighted by molar-refractivity contribution is 5.97. The van der Waals surface area contributed by atoms with Crippen molar-refractivity contribution in [2.45, 2.75) is 19.9 Å². The van der Waals surface area contributed by atoms with E-state index in [4.69, 9.17) is 10.5 Å². The molecule has 0 saturated carbocycles. The molecule has 1 aromatic heterocycles. The minimum atomic E-state index is -0.0244. The van der Waals surface area contributed by atoms with Crippen molar-refractivity contribution in [3.05, 3.63) is 11.9 Å². The number of ketones is 1. The second-order valence-corrected chi connectivity index (χ2v) is 2.84. The zero-order valence-corrected chi connectivity index (χ0v) is 8.49. The number of carbonyl (C=O) groups excluding carboxylic acids is 1. The number of nitrogens with zero attached hydrogens (tertiary/aromatic N) is 2. The molecule has 0 atom stereocenters. The maximum Gasteiger partial charge on any atom is 0.185 e. The number of aryl methyl sites for hydroxylation is 1. The molecule has 0 amide bonds. The Labute approximate surface area is 82.8 Å². The van der Waals surface area contributed by atoms with Crippen LogP contribution in [0.4, 0.5) is 0 Å². The highest BCUT2D eigenvalue weighted by Gasteiger charge is 2.17. The van der Waals surface area contributed by atoms with E-state index in [0.29, 0.717) is 31.0 Å². The van der Waals surface area contributed by atoms with E-state index in [2.05, 4.69) is 5.10 Å². The number of aromatic nitrogens is 2. The van der Waals surface area contributed by atoms with E-state index in [1.807, 2.05) is 6.92 Å². The van der Waals surface area contributed by atoms with Crippen LogP contribution in [0.15, 0.2) is 6.20 Å². The minimum Gasteiger partial charge on any atom is -0.493 e. The fraction of sp³-hybridized carbons (Fsp3) is 0.556. The van der Waals surface area contributed by atoms with Crippen LogP contribution in [0.25, 0.3) is 0 Å². The van der Waals surface area contributed by atoms with Crippen LogP contribution in [0.5, 0.6) is 5.75 Å². The van der Waals surface area contributed by atoms with Gasteiger partial charge in [-0.3, -0.25) is 9.48 Å². The maximum atomic E-state index is 11.6. The highest BCUT2D eigenvalue weighted by atomic mass is 16.5. The maximum absolute atomic E-state index is 11.6. The van der Waals surface area contributed by atoms with Crippen LogP contribution in [-0.4, -0.2) is 29.2 Å². The van der Waals surface area contributed by atoms with Gasteiger partial charge < -0.3 is 10.5 Å². The molecule has 2 N–H and O–H groups in total. The monoisotopic (exact) mass is 197 g/mol. The molecular formula is C9H15N3O2. The zero-order chi connectivity index (χ0) is 10.6. The average Bonchev–Trinajstić information content (AvgIpc) is 2.60. The number of nitrogens with two attached hydrogens (primary N) is 1. The zero-order valence-electron chi connectivity index (χ0n) is 8.49. The predicted octanol–water partition coefficient (Wildman–Crippen LogP) is 0.443. The lowest BCUT2D eigenvalue weighted by molar-refractivity contribution is 0.0972. The predicted molar refractivity (Wildman–Crippen MR) is 52.5 cm³/mol. The Hall–Kier alpha value is -1.36. The second-order valence-electron chi connectivity index (χ2n) is 2.84. The first kappa shape index (κ1) is 10.7. The Morgan fingerprint density at radius 2 is 2.43 bits per heavy atom. The largest absolute Gasteiger partial charge is 0.493 e. The van der Waals surface area contributed by atoms with Crippen LogP contribution >= 0.6 is 0 Å². The molecule has 0 aliphatic carbocycles. The van der Waals surface area contributed by atoms with E-state index in [1.165, 1.54) is 7.11 Å². The number of methoxy groups -OCH3 is 1. The van der Waals surface area contributed by atoms with Gasteiger partial charge in [0.25, 0.3) is 0 Å². The van der Waals surface area contributed by atoms with Crippen molar-refractivity contribution < 1.29 is 9.53 Å². The molecule has 0 saturated heterocycles. The van der Waals surface area contributed by atoms with Gasteiger partial charge in [0.05, 0.1) is 13.3 Å². The molecule has 0 fully saturated rings. The normalized spacial score (nSPS) is 10.2. The molecule has 0 radical (unpaired) electrons. The molecule has 1 aromatic rings. The molecule has 0 aliphatic rings. The van der Waals surface area contributed by atoms with Crippen molar-refractivity contribution in [3.8, 4) is 5.75 Å². The van der Waals surface area contributed by atoms with Gasteiger partial charge in [-0.1, -0.05) is 0 Å². The Morgan fingerprint density at radius 3 is 2.93 bits per heavy atom. The fourth-order valence-electron chi connectivity index (χ4n) is 1.29. The number of hydrogen-bond donors (Lipinski definition) is 1. The molecule has 0 aliphatic heterocycles. The van der Waals surface area contributed by atoms with Gasteiger partial charge in [0, 0.05) is 13.0 Å². The Balaban J connectivity index is 3.01. The third-order valence-electron chi connectivity index (χ3n) is 1.96. The third-order valence-corrected chi connectivity index (χ3v) is 1.96. The van der Waals surface area contributed by atoms with Crippen LogP contribution in [-0.2, 0) is 6.54 Å². The second kappa shape index (κ2) is 4.76. The van der Waals surface area contributed by atoms with Crippen LogP contribution in [0, 0.1) is 0 Å². The van der Waals surface area contributed by atoms with Gasteiger partial charge in [0.1, 0.15) is 5.69 Å². The van der Waals surface area contributed by atoms with Crippen molar-refractivity contribution in [1.29, 1.82) is 0 Å². The number of ether oxygens (including phenoxy) is 1. The van der Waals surface area contributed by atoms with Gasteiger partial charge in [0.15, 0.2) is 11.5 Å². The van der Waals surface area contributed by atoms with Crippen molar-refractivity contribution in [3.63, 3.8) is 0 Å². The first-order valence-electron chi connectivity index (χ1n) is 4.57. The van der Waals surface area contributed by atoms with Crippen molar-refractivity contribution >= 4 is 5.78 Å².